The molecule has 0 heterocycles. The third kappa shape index (κ3) is 10.00. The highest BCUT2D eigenvalue weighted by atomic mass is 127. The Morgan fingerprint density at radius 3 is 2.32 bits per heavy atom. The highest BCUT2D eigenvalue weighted by Crippen LogP contribution is 2.10. The third-order valence-electron chi connectivity index (χ3n) is 3.58. The zero-order chi connectivity index (χ0) is 16.0. The molecule has 0 aliphatic rings. The molecule has 1 nitrogen and oxygen atoms in total. The molecule has 0 aromatic heterocycles. The maximum Gasteiger partial charge on any atom is 0.419 e. The second-order valence-corrected chi connectivity index (χ2v) is 8.23. The molecule has 0 unspecified atom stereocenters. The molecule has 0 aliphatic carbocycles. The van der Waals surface area contributed by atoms with Crippen molar-refractivity contribution in [3.05, 3.63) is 33.9 Å². The second-order valence-electron chi connectivity index (χ2n) is 5.90. The first-order valence-corrected chi connectivity index (χ1v) is 10.6. The highest BCUT2D eigenvalue weighted by molar-refractivity contribution is 5.80. The van der Waals surface area contributed by atoms with Crippen molar-refractivity contribution >= 4 is 5.78 Å². The molecule has 1 rings (SSSR count). The van der Waals surface area contributed by atoms with Gasteiger partial charge in [-0.3, -0.25) is 4.79 Å². The number of benzene rings is 1. The Bertz CT molecular complexity index is 467. The molecule has 0 bridgehead atoms. The maximum atomic E-state index is 11.5. The number of hydrogen-bond acceptors (Lipinski definition) is 1. The summed E-state index contributed by atoms with van der Waals surface area (Å²) < 4.78 is 4.77. The Balaban J connectivity index is 1.91. The van der Waals surface area contributed by atoms with Crippen LogP contribution in [0.4, 0.5) is 0 Å². The van der Waals surface area contributed by atoms with Gasteiger partial charge in [0.1, 0.15) is 5.78 Å². The Morgan fingerprint density at radius 2 is 1.64 bits per heavy atom. The van der Waals surface area contributed by atoms with Crippen molar-refractivity contribution in [2.45, 2.75) is 65.2 Å². The molecule has 0 saturated carbocycles. The van der Waals surface area contributed by atoms with E-state index in [0.29, 0.717) is 5.78 Å². The van der Waals surface area contributed by atoms with Gasteiger partial charge in [0.15, 0.2) is 3.93 Å². The van der Waals surface area contributed by atoms with Crippen LogP contribution in [0.15, 0.2) is 30.3 Å². The Kier molecular flexibility index (Phi) is 11.1. The van der Waals surface area contributed by atoms with Gasteiger partial charge in [0.25, 0.3) is 0 Å². The predicted molar refractivity (Wildman–Crippen MR) is 89.7 cm³/mol. The van der Waals surface area contributed by atoms with Crippen molar-refractivity contribution in [2.24, 2.45) is 5.92 Å². The smallest absolute Gasteiger partial charge is 0.299 e. The van der Waals surface area contributed by atoms with Gasteiger partial charge < -0.3 is 0 Å². The van der Waals surface area contributed by atoms with Crippen LogP contribution in [0.5, 0.6) is 0 Å². The van der Waals surface area contributed by atoms with Gasteiger partial charge in [-0.05, 0) is 30.9 Å². The van der Waals surface area contributed by atoms with Crippen LogP contribution in [0, 0.1) is 19.3 Å². The van der Waals surface area contributed by atoms with Crippen molar-refractivity contribution in [1.29, 1.82) is 0 Å². The van der Waals surface area contributed by atoms with E-state index in [1.54, 1.807) is 0 Å². The average Bonchev–Trinajstić information content (AvgIpc) is 2.53. The molecular weight excluding hydrogens is 383 g/mol. The first kappa shape index (κ1) is 19.2. The van der Waals surface area contributed by atoms with E-state index in [0.717, 1.165) is 19.3 Å². The Labute approximate surface area is 146 Å². The largest absolute Gasteiger partial charge is 0.419 e. The van der Waals surface area contributed by atoms with E-state index in [1.807, 2.05) is 13.8 Å². The van der Waals surface area contributed by atoms with E-state index in [2.05, 4.69) is 40.2 Å². The summed E-state index contributed by atoms with van der Waals surface area (Å²) in [6.07, 6.45) is 9.11. The number of halogens is 1. The summed E-state index contributed by atoms with van der Waals surface area (Å²) in [4.78, 5) is 11.5. The van der Waals surface area contributed by atoms with E-state index in [9.17, 15) is 4.79 Å². The van der Waals surface area contributed by atoms with Crippen molar-refractivity contribution in [2.75, 3.05) is 0 Å². The lowest BCUT2D eigenvalue weighted by Gasteiger charge is -2.03. The van der Waals surface area contributed by atoms with E-state index in [4.69, 9.17) is 0 Å². The van der Waals surface area contributed by atoms with Gasteiger partial charge in [0, 0.05) is 18.8 Å². The topological polar surface area (TPSA) is 17.1 Å². The number of rotatable bonds is 10. The Hall–Kier alpha value is -0.820. The van der Waals surface area contributed by atoms with Crippen molar-refractivity contribution in [3.63, 3.8) is 0 Å². The monoisotopic (exact) mass is 411 g/mol. The fourth-order valence-corrected chi connectivity index (χ4v) is 3.67. The molecule has 22 heavy (non-hydrogen) atoms. The number of Topliss-reactive ketones (excluding diaryl/α,β-unsaturated/α-hetero) is 1. The molecule has 0 aliphatic heterocycles. The van der Waals surface area contributed by atoms with Crippen molar-refractivity contribution in [3.8, 4) is 9.85 Å². The molecule has 0 radical (unpaired) electrons. The molecule has 0 N–H and O–H groups in total. The van der Waals surface area contributed by atoms with Crippen LogP contribution in [0.25, 0.3) is 0 Å². The fourth-order valence-electron chi connectivity index (χ4n) is 2.12. The molecule has 120 valence electrons. The highest BCUT2D eigenvalue weighted by Gasteiger charge is 2.06. The maximum absolute atomic E-state index is 11.5. The zero-order valence-electron chi connectivity index (χ0n) is 13.9. The number of hydrogen-bond donors (Lipinski definition) is 0. The zero-order valence-corrected chi connectivity index (χ0v) is 16.1. The van der Waals surface area contributed by atoms with Gasteiger partial charge in [0.2, 0.25) is 3.57 Å². The standard InChI is InChI=1S/C20H28IO/c1-18(2)20(22)16-12-7-5-3-4-6-8-13-17-21-19-14-10-9-11-15-19/h9-11,14-15,18H,3-8,12,16H2,1-2H3/q+1. The first-order chi connectivity index (χ1) is 10.7. The molecule has 0 saturated heterocycles. The van der Waals surface area contributed by atoms with Crippen LogP contribution >= 0.6 is 0 Å². The van der Waals surface area contributed by atoms with Crippen molar-refractivity contribution < 1.29 is 26.0 Å². The first-order valence-electron chi connectivity index (χ1n) is 8.39. The quantitative estimate of drug-likeness (QED) is 0.328. The van der Waals surface area contributed by atoms with Gasteiger partial charge in [-0.2, -0.15) is 0 Å². The van der Waals surface area contributed by atoms with Gasteiger partial charge in [-0.15, -0.1) is 0 Å². The van der Waals surface area contributed by atoms with Gasteiger partial charge in [-0.1, -0.05) is 57.7 Å². The van der Waals surface area contributed by atoms with Gasteiger partial charge in [0.05, 0.1) is 0 Å². The van der Waals surface area contributed by atoms with Crippen LogP contribution in [-0.4, -0.2) is 5.78 Å². The predicted octanol–water partition coefficient (Wildman–Crippen LogP) is 2.25. The summed E-state index contributed by atoms with van der Waals surface area (Å²) in [5, 5.41) is 0. The van der Waals surface area contributed by atoms with Crippen LogP contribution < -0.4 is 21.2 Å². The van der Waals surface area contributed by atoms with Crippen LogP contribution in [0.3, 0.4) is 0 Å². The van der Waals surface area contributed by atoms with E-state index < -0.39 is 0 Å². The lowest BCUT2D eigenvalue weighted by Crippen LogP contribution is -3.59. The summed E-state index contributed by atoms with van der Waals surface area (Å²) in [5.74, 6) is 3.94. The molecule has 0 atom stereocenters. The summed E-state index contributed by atoms with van der Waals surface area (Å²) in [5.41, 5.74) is 0. The van der Waals surface area contributed by atoms with E-state index in [1.165, 1.54) is 35.7 Å². The summed E-state index contributed by atoms with van der Waals surface area (Å²) in [6.45, 7) is 3.98. The molecule has 2 heteroatoms. The number of carbonyl (C=O) groups is 1. The minimum atomic E-state index is -0.113. The molecule has 1 aromatic rings. The minimum absolute atomic E-state index is 0.113. The van der Waals surface area contributed by atoms with E-state index >= 15 is 0 Å². The lowest BCUT2D eigenvalue weighted by molar-refractivity contribution is -0.535. The fraction of sp³-hybridized carbons (Fsp3) is 0.550. The molecule has 0 amide bonds. The molecular formula is C20H28IO+. The second kappa shape index (κ2) is 12.7. The normalized spacial score (nSPS) is 10.3. The van der Waals surface area contributed by atoms with E-state index in [-0.39, 0.29) is 27.1 Å². The van der Waals surface area contributed by atoms with Crippen LogP contribution in [-0.2, 0) is 4.79 Å². The lowest BCUT2D eigenvalue weighted by atomic mass is 10.0. The summed E-state index contributed by atoms with van der Waals surface area (Å²) in [7, 11) is 0. The minimum Gasteiger partial charge on any atom is -0.299 e. The number of unbranched alkanes of at least 4 members (excludes halogenated alkanes) is 6. The molecule has 0 spiro atoms. The Morgan fingerprint density at radius 1 is 1.00 bits per heavy atom. The van der Waals surface area contributed by atoms with Crippen LogP contribution in [0.2, 0.25) is 0 Å². The third-order valence-corrected chi connectivity index (χ3v) is 5.57. The van der Waals surface area contributed by atoms with Crippen molar-refractivity contribution in [1.82, 2.24) is 0 Å². The molecule has 0 fully saturated rings. The van der Waals surface area contributed by atoms with Gasteiger partial charge in [-0.25, -0.2) is 0 Å². The van der Waals surface area contributed by atoms with Crippen LogP contribution in [0.1, 0.15) is 65.2 Å². The van der Waals surface area contributed by atoms with Gasteiger partial charge >= 0.3 is 21.2 Å². The molecule has 1 aromatic carbocycles. The number of ketones is 1. The summed E-state index contributed by atoms with van der Waals surface area (Å²) >= 11 is -0.113. The average molecular weight is 411 g/mol. The SMILES string of the molecule is CC(C)C(=O)CCCCCCCCC#C[I+]c1ccccc1. The summed E-state index contributed by atoms with van der Waals surface area (Å²) in [6, 6.07) is 10.6. The number of carbonyl (C=O) groups excluding carboxylic acids is 1.